The van der Waals surface area contributed by atoms with Crippen molar-refractivity contribution in [3.63, 3.8) is 0 Å². The monoisotopic (exact) mass is 794 g/mol. The topological polar surface area (TPSA) is 260 Å². The summed E-state index contributed by atoms with van der Waals surface area (Å²) in [4.78, 5) is 108. The average Bonchev–Trinajstić information content (AvgIpc) is 3.96. The number of nitrogens with one attached hydrogen (secondary N) is 8. The molecule has 0 spiro atoms. The molecule has 56 heavy (non-hydrogen) atoms. The number of carbonyl (C=O) groups excluding carboxylic acids is 7. The van der Waals surface area contributed by atoms with Gasteiger partial charge in [-0.1, -0.05) is 32.0 Å². The van der Waals surface area contributed by atoms with Crippen LogP contribution in [0.2, 0.25) is 0 Å². The van der Waals surface area contributed by atoms with Gasteiger partial charge >= 0.3 is 0 Å². The fourth-order valence-corrected chi connectivity index (χ4v) is 7.16. The van der Waals surface area contributed by atoms with Crippen molar-refractivity contribution in [3.8, 4) is 0 Å². The molecule has 18 nitrogen and oxygen atoms in total. The fourth-order valence-electron chi connectivity index (χ4n) is 6.90. The molecule has 9 N–H and O–H groups in total. The van der Waals surface area contributed by atoms with Crippen molar-refractivity contribution in [2.24, 2.45) is 5.92 Å². The van der Waals surface area contributed by atoms with Crippen LogP contribution in [0.5, 0.6) is 0 Å². The molecule has 0 saturated carbocycles. The van der Waals surface area contributed by atoms with Crippen LogP contribution in [0.3, 0.4) is 0 Å². The highest BCUT2D eigenvalue weighted by Gasteiger charge is 2.40. The first-order valence-electron chi connectivity index (χ1n) is 18.7. The highest BCUT2D eigenvalue weighted by molar-refractivity contribution is 7.80. The Balaban J connectivity index is 1.50. The number of imidazole rings is 1. The molecule has 1 aromatic carbocycles. The number of para-hydroxylation sites is 1. The van der Waals surface area contributed by atoms with Crippen LogP contribution in [0.4, 0.5) is 0 Å². The van der Waals surface area contributed by atoms with Gasteiger partial charge in [-0.25, -0.2) is 4.98 Å². The summed E-state index contributed by atoms with van der Waals surface area (Å²) in [6, 6.07) is -1.18. The normalized spacial score (nSPS) is 26.4. The van der Waals surface area contributed by atoms with Crippen LogP contribution in [0, 0.1) is 5.92 Å². The molecule has 5 rings (SSSR count). The van der Waals surface area contributed by atoms with Crippen molar-refractivity contribution in [1.82, 2.24) is 51.8 Å². The van der Waals surface area contributed by atoms with Crippen LogP contribution in [0.25, 0.3) is 10.9 Å². The first-order chi connectivity index (χ1) is 26.8. The minimum atomic E-state index is -1.53. The van der Waals surface area contributed by atoms with Crippen LogP contribution < -0.4 is 31.9 Å². The Hall–Kier alpha value is -5.43. The summed E-state index contributed by atoms with van der Waals surface area (Å²) < 4.78 is 0. The lowest BCUT2D eigenvalue weighted by Crippen LogP contribution is -2.60. The van der Waals surface area contributed by atoms with Gasteiger partial charge in [-0.3, -0.25) is 33.6 Å². The van der Waals surface area contributed by atoms with Crippen LogP contribution in [0.1, 0.15) is 51.3 Å². The van der Waals surface area contributed by atoms with E-state index >= 15 is 0 Å². The average molecular weight is 795 g/mol. The summed E-state index contributed by atoms with van der Waals surface area (Å²) in [5.74, 6) is -5.35. The third-order valence-electron chi connectivity index (χ3n) is 9.89. The summed E-state index contributed by atoms with van der Waals surface area (Å²) in [6.07, 6.45) is 5.57. The second-order valence-corrected chi connectivity index (χ2v) is 14.9. The molecule has 0 aliphatic carbocycles. The largest absolute Gasteiger partial charge is 0.394 e. The van der Waals surface area contributed by atoms with Crippen molar-refractivity contribution in [2.45, 2.75) is 95.2 Å². The summed E-state index contributed by atoms with van der Waals surface area (Å²) in [6.45, 7) is 4.50. The molecule has 3 aromatic rings. The number of aromatic amines is 2. The Bertz CT molecular complexity index is 1900. The molecular weight excluding hydrogens is 745 g/mol. The maximum atomic E-state index is 14.3. The van der Waals surface area contributed by atoms with Crippen molar-refractivity contribution in [2.75, 3.05) is 18.9 Å². The predicted octanol–water partition coefficient (Wildman–Crippen LogP) is -1.42. The van der Waals surface area contributed by atoms with Gasteiger partial charge in [-0.05, 0) is 43.7 Å². The standard InChI is InChI=1S/C37H50N10O8S/c1-19(2)11-27-37(55)47-10-6-9-30(47)36(54)43-25(12-21-14-39-24-8-5-4-7-23(21)24)32(50)41-20(3)31(49)45-28(16-48)34(52)46-29(17-56)35(53)42-26(33(51)44-27)13-22-15-38-18-40-22/h4-5,7-8,14-15,18-20,25-30,39,48,56H,6,9-13,16-17H2,1-3H3,(H,38,40)(H,41,50)(H,42,53)(H,43,54)(H,44,51)(H,45,49)(H,46,52)/t20-,25-,26-,27-,28-,29-,30-/m0/s1. The Kier molecular flexibility index (Phi) is 14.1. The van der Waals surface area contributed by atoms with E-state index in [1.165, 1.54) is 24.3 Å². The van der Waals surface area contributed by atoms with E-state index in [1.807, 2.05) is 38.1 Å². The second-order valence-electron chi connectivity index (χ2n) is 14.6. The minimum absolute atomic E-state index is 0.0220. The third kappa shape index (κ3) is 10.2. The summed E-state index contributed by atoms with van der Waals surface area (Å²) in [5.41, 5.74) is 2.02. The second kappa shape index (κ2) is 18.9. The number of rotatable bonds is 8. The Morgan fingerprint density at radius 2 is 1.41 bits per heavy atom. The molecule has 7 amide bonds. The number of thiol groups is 1. The molecule has 302 valence electrons. The SMILES string of the molecule is CC(C)C[C@@H]1NC(=O)[C@H](Cc2cnc[nH]2)NC(=O)[C@H](CS)NC(=O)[C@H](CO)NC(=O)[C@H](C)NC(=O)[C@H](Cc2c[nH]c3ccccc23)NC(=O)[C@@H]2CCCN2C1=O. The zero-order chi connectivity index (χ0) is 40.5. The molecular formula is C37H50N10O8S. The number of amides is 7. The van der Waals surface area contributed by atoms with Crippen molar-refractivity contribution in [1.29, 1.82) is 0 Å². The molecule has 4 heterocycles. The lowest BCUT2D eigenvalue weighted by atomic mass is 10.0. The van der Waals surface area contributed by atoms with E-state index in [-0.39, 0.29) is 37.5 Å². The van der Waals surface area contributed by atoms with E-state index < -0.39 is 90.3 Å². The van der Waals surface area contributed by atoms with Gasteiger partial charge in [0.2, 0.25) is 41.4 Å². The summed E-state index contributed by atoms with van der Waals surface area (Å²) in [5, 5.41) is 26.6. The predicted molar refractivity (Wildman–Crippen MR) is 207 cm³/mol. The zero-order valence-electron chi connectivity index (χ0n) is 31.5. The Labute approximate surface area is 328 Å². The molecule has 19 heteroatoms. The van der Waals surface area contributed by atoms with Gasteiger partial charge in [0.25, 0.3) is 0 Å². The fraction of sp³-hybridized carbons (Fsp3) is 0.514. The molecule has 2 saturated heterocycles. The van der Waals surface area contributed by atoms with E-state index in [0.29, 0.717) is 24.1 Å². The number of aliphatic hydroxyl groups is 1. The minimum Gasteiger partial charge on any atom is -0.394 e. The smallest absolute Gasteiger partial charge is 0.245 e. The van der Waals surface area contributed by atoms with Crippen LogP contribution in [-0.2, 0) is 46.4 Å². The number of H-pyrrole nitrogens is 2. The van der Waals surface area contributed by atoms with Gasteiger partial charge in [0.15, 0.2) is 0 Å². The van der Waals surface area contributed by atoms with Gasteiger partial charge in [0.05, 0.1) is 12.9 Å². The maximum absolute atomic E-state index is 14.3. The third-order valence-corrected chi connectivity index (χ3v) is 10.3. The van der Waals surface area contributed by atoms with E-state index in [9.17, 15) is 38.7 Å². The van der Waals surface area contributed by atoms with E-state index in [2.05, 4.69) is 59.5 Å². The maximum Gasteiger partial charge on any atom is 0.245 e. The summed E-state index contributed by atoms with van der Waals surface area (Å²) >= 11 is 4.22. The van der Waals surface area contributed by atoms with E-state index in [4.69, 9.17) is 0 Å². The van der Waals surface area contributed by atoms with Crippen molar-refractivity contribution >= 4 is 64.9 Å². The molecule has 7 atom stereocenters. The lowest BCUT2D eigenvalue weighted by molar-refractivity contribution is -0.143. The zero-order valence-corrected chi connectivity index (χ0v) is 32.4. The van der Waals surface area contributed by atoms with Crippen molar-refractivity contribution < 1.29 is 38.7 Å². The molecule has 2 aromatic heterocycles. The molecule has 2 fully saturated rings. The first-order valence-corrected chi connectivity index (χ1v) is 19.3. The number of aliphatic hydroxyl groups excluding tert-OH is 1. The van der Waals surface area contributed by atoms with Gasteiger partial charge in [0.1, 0.15) is 42.3 Å². The number of benzene rings is 1. The number of carbonyl (C=O) groups is 7. The quantitative estimate of drug-likeness (QED) is 0.120. The lowest BCUT2D eigenvalue weighted by Gasteiger charge is -2.31. The molecule has 0 bridgehead atoms. The van der Waals surface area contributed by atoms with Crippen LogP contribution in [-0.4, -0.2) is 128 Å². The van der Waals surface area contributed by atoms with E-state index in [1.54, 1.807) is 6.20 Å². The highest BCUT2D eigenvalue weighted by Crippen LogP contribution is 2.23. The van der Waals surface area contributed by atoms with Gasteiger partial charge in [-0.15, -0.1) is 0 Å². The highest BCUT2D eigenvalue weighted by atomic mass is 32.1. The van der Waals surface area contributed by atoms with E-state index in [0.717, 1.165) is 10.9 Å². The van der Waals surface area contributed by atoms with Crippen molar-refractivity contribution in [3.05, 3.63) is 54.2 Å². The Morgan fingerprint density at radius 1 is 0.786 bits per heavy atom. The van der Waals surface area contributed by atoms with Crippen LogP contribution >= 0.6 is 12.6 Å². The molecule has 0 radical (unpaired) electrons. The first kappa shape index (κ1) is 41.7. The number of aromatic nitrogens is 3. The van der Waals surface area contributed by atoms with Gasteiger partial charge < -0.3 is 51.9 Å². The number of fused-ring (bicyclic) bond motifs is 2. The van der Waals surface area contributed by atoms with Crippen LogP contribution in [0.15, 0.2) is 43.0 Å². The number of hydrogen-bond acceptors (Lipinski definition) is 10. The van der Waals surface area contributed by atoms with Gasteiger partial charge in [-0.2, -0.15) is 12.6 Å². The molecule has 2 aliphatic heterocycles. The molecule has 0 unspecified atom stereocenters. The number of nitrogens with zero attached hydrogens (tertiary/aromatic N) is 2. The van der Waals surface area contributed by atoms with Gasteiger partial charge in [0, 0.05) is 54.1 Å². The summed E-state index contributed by atoms with van der Waals surface area (Å²) in [7, 11) is 0. The Morgan fingerprint density at radius 3 is 2.11 bits per heavy atom. The number of hydrogen-bond donors (Lipinski definition) is 10. The molecule has 2 aliphatic rings.